The summed E-state index contributed by atoms with van der Waals surface area (Å²) in [6.07, 6.45) is 2.01. The number of hydrogen-bond donors (Lipinski definition) is 2. The van der Waals surface area contributed by atoms with Crippen molar-refractivity contribution < 1.29 is 4.79 Å². The molecule has 0 spiro atoms. The minimum Gasteiger partial charge on any atom is -0.325 e. The third kappa shape index (κ3) is 2.95. The van der Waals surface area contributed by atoms with Crippen LogP contribution < -0.4 is 10.6 Å². The molecule has 0 saturated carbocycles. The van der Waals surface area contributed by atoms with Crippen molar-refractivity contribution >= 4 is 50.1 Å². The first kappa shape index (κ1) is 12.3. The van der Waals surface area contributed by atoms with Gasteiger partial charge in [-0.15, -0.1) is 0 Å². The Balaban J connectivity index is 2.02. The van der Waals surface area contributed by atoms with Crippen molar-refractivity contribution in [2.45, 2.75) is 18.9 Å². The topological polar surface area (TPSA) is 41.1 Å². The normalized spacial score (nSPS) is 19.8. The van der Waals surface area contributed by atoms with Crippen LogP contribution in [0.3, 0.4) is 0 Å². The van der Waals surface area contributed by atoms with Gasteiger partial charge in [-0.3, -0.25) is 4.79 Å². The maximum atomic E-state index is 11.8. The molecular formula is C11H12BrIN2O. The van der Waals surface area contributed by atoms with E-state index in [4.69, 9.17) is 0 Å². The second-order valence-corrected chi connectivity index (χ2v) is 5.78. The highest BCUT2D eigenvalue weighted by Gasteiger charge is 2.21. The van der Waals surface area contributed by atoms with E-state index in [1.165, 1.54) is 0 Å². The van der Waals surface area contributed by atoms with Crippen molar-refractivity contribution in [2.75, 3.05) is 11.9 Å². The summed E-state index contributed by atoms with van der Waals surface area (Å²) in [5, 5.41) is 6.10. The Morgan fingerprint density at radius 1 is 1.56 bits per heavy atom. The maximum absolute atomic E-state index is 11.8. The molecule has 2 rings (SSSR count). The van der Waals surface area contributed by atoms with Crippen LogP contribution in [0.25, 0.3) is 0 Å². The molecule has 0 radical (unpaired) electrons. The fourth-order valence-electron chi connectivity index (χ4n) is 1.71. The lowest BCUT2D eigenvalue weighted by Gasteiger charge is -2.11. The molecular weight excluding hydrogens is 383 g/mol. The number of anilines is 1. The van der Waals surface area contributed by atoms with E-state index < -0.39 is 0 Å². The fraction of sp³-hybridized carbons (Fsp3) is 0.364. The molecule has 16 heavy (non-hydrogen) atoms. The minimum absolute atomic E-state index is 0.0266. The van der Waals surface area contributed by atoms with E-state index in [2.05, 4.69) is 49.2 Å². The van der Waals surface area contributed by atoms with Crippen molar-refractivity contribution in [3.05, 3.63) is 26.2 Å². The monoisotopic (exact) mass is 394 g/mol. The first-order valence-electron chi connectivity index (χ1n) is 5.16. The van der Waals surface area contributed by atoms with Crippen LogP contribution in [0.5, 0.6) is 0 Å². The highest BCUT2D eigenvalue weighted by atomic mass is 127. The maximum Gasteiger partial charge on any atom is 0.241 e. The lowest BCUT2D eigenvalue weighted by atomic mass is 10.2. The number of benzene rings is 1. The number of hydrogen-bond acceptors (Lipinski definition) is 2. The van der Waals surface area contributed by atoms with E-state index in [1.807, 2.05) is 18.2 Å². The Morgan fingerprint density at radius 3 is 3.00 bits per heavy atom. The highest BCUT2D eigenvalue weighted by molar-refractivity contribution is 14.1. The molecule has 1 heterocycles. The first-order chi connectivity index (χ1) is 7.66. The van der Waals surface area contributed by atoms with Gasteiger partial charge >= 0.3 is 0 Å². The van der Waals surface area contributed by atoms with Crippen LogP contribution in [-0.4, -0.2) is 18.5 Å². The average molecular weight is 395 g/mol. The van der Waals surface area contributed by atoms with Gasteiger partial charge in [0, 0.05) is 13.7 Å². The Kier molecular flexibility index (Phi) is 4.21. The SMILES string of the molecule is O=C(Nc1ccc(Br)c(I)c1)[C@@H]1CCCN1. The highest BCUT2D eigenvalue weighted by Crippen LogP contribution is 2.22. The van der Waals surface area contributed by atoms with Gasteiger partial charge < -0.3 is 10.6 Å². The first-order valence-corrected chi connectivity index (χ1v) is 7.03. The van der Waals surface area contributed by atoms with Gasteiger partial charge in [-0.25, -0.2) is 0 Å². The molecule has 86 valence electrons. The van der Waals surface area contributed by atoms with Crippen molar-refractivity contribution in [2.24, 2.45) is 0 Å². The van der Waals surface area contributed by atoms with Gasteiger partial charge in [-0.05, 0) is 76.1 Å². The van der Waals surface area contributed by atoms with E-state index in [9.17, 15) is 4.79 Å². The summed E-state index contributed by atoms with van der Waals surface area (Å²) in [5.74, 6) is 0.0654. The van der Waals surface area contributed by atoms with Gasteiger partial charge in [0.1, 0.15) is 0 Å². The van der Waals surface area contributed by atoms with Gasteiger partial charge in [-0.1, -0.05) is 0 Å². The van der Waals surface area contributed by atoms with E-state index >= 15 is 0 Å². The quantitative estimate of drug-likeness (QED) is 0.757. The Morgan fingerprint density at radius 2 is 2.38 bits per heavy atom. The molecule has 1 saturated heterocycles. The zero-order valence-electron chi connectivity index (χ0n) is 8.59. The predicted molar refractivity (Wildman–Crippen MR) is 76.5 cm³/mol. The minimum atomic E-state index is -0.0266. The van der Waals surface area contributed by atoms with Gasteiger partial charge in [-0.2, -0.15) is 0 Å². The Hall–Kier alpha value is -0.140. The number of amides is 1. The summed E-state index contributed by atoms with van der Waals surface area (Å²) in [4.78, 5) is 11.8. The largest absolute Gasteiger partial charge is 0.325 e. The zero-order chi connectivity index (χ0) is 11.5. The van der Waals surface area contributed by atoms with Crippen LogP contribution >= 0.6 is 38.5 Å². The van der Waals surface area contributed by atoms with E-state index in [-0.39, 0.29) is 11.9 Å². The van der Waals surface area contributed by atoms with Crippen LogP contribution in [0.15, 0.2) is 22.7 Å². The zero-order valence-corrected chi connectivity index (χ0v) is 12.3. The summed E-state index contributed by atoms with van der Waals surface area (Å²) in [5.41, 5.74) is 0.853. The van der Waals surface area contributed by atoms with E-state index in [0.29, 0.717) is 0 Å². The van der Waals surface area contributed by atoms with Gasteiger partial charge in [0.05, 0.1) is 6.04 Å². The van der Waals surface area contributed by atoms with Gasteiger partial charge in [0.2, 0.25) is 5.91 Å². The molecule has 1 atom stereocenters. The number of rotatable bonds is 2. The number of carbonyl (C=O) groups excluding carboxylic acids is 1. The summed E-state index contributed by atoms with van der Waals surface area (Å²) in [7, 11) is 0. The lowest BCUT2D eigenvalue weighted by molar-refractivity contribution is -0.117. The standard InChI is InChI=1S/C11H12BrIN2O/c12-8-4-3-7(6-9(8)13)15-11(16)10-2-1-5-14-10/h3-4,6,10,14H,1-2,5H2,(H,15,16)/t10-/m0/s1. The number of nitrogens with one attached hydrogen (secondary N) is 2. The predicted octanol–water partition coefficient (Wildman–Crippen LogP) is 2.74. The second-order valence-electron chi connectivity index (χ2n) is 3.77. The summed E-state index contributed by atoms with van der Waals surface area (Å²) < 4.78 is 2.14. The van der Waals surface area contributed by atoms with Crippen molar-refractivity contribution in [1.82, 2.24) is 5.32 Å². The molecule has 0 unspecified atom stereocenters. The number of halogens is 2. The third-order valence-corrected chi connectivity index (χ3v) is 4.89. The molecule has 1 aliphatic heterocycles. The van der Waals surface area contributed by atoms with Crippen molar-refractivity contribution in [3.8, 4) is 0 Å². The summed E-state index contributed by atoms with van der Waals surface area (Å²) in [6, 6.07) is 5.78. The molecule has 1 aromatic carbocycles. The lowest BCUT2D eigenvalue weighted by Crippen LogP contribution is -2.35. The van der Waals surface area contributed by atoms with Crippen LogP contribution in [0.4, 0.5) is 5.69 Å². The Bertz CT molecular complexity index is 405. The van der Waals surface area contributed by atoms with Crippen LogP contribution in [0.1, 0.15) is 12.8 Å². The average Bonchev–Trinajstić information content (AvgIpc) is 2.77. The molecule has 0 bridgehead atoms. The summed E-state index contributed by atoms with van der Waals surface area (Å²) in [6.45, 7) is 0.940. The molecule has 0 aliphatic carbocycles. The van der Waals surface area contributed by atoms with Crippen LogP contribution in [0, 0.1) is 3.57 Å². The Labute approximate surface area is 117 Å². The van der Waals surface area contributed by atoms with Crippen molar-refractivity contribution in [1.29, 1.82) is 0 Å². The number of carbonyl (C=O) groups is 1. The molecule has 1 amide bonds. The van der Waals surface area contributed by atoms with Gasteiger partial charge in [0.25, 0.3) is 0 Å². The summed E-state index contributed by atoms with van der Waals surface area (Å²) >= 11 is 5.66. The van der Waals surface area contributed by atoms with Crippen molar-refractivity contribution in [3.63, 3.8) is 0 Å². The smallest absolute Gasteiger partial charge is 0.241 e. The molecule has 2 N–H and O–H groups in total. The molecule has 1 aliphatic rings. The molecule has 5 heteroatoms. The third-order valence-electron chi connectivity index (χ3n) is 2.56. The molecule has 1 aromatic rings. The van der Waals surface area contributed by atoms with Gasteiger partial charge in [0.15, 0.2) is 0 Å². The van der Waals surface area contributed by atoms with E-state index in [0.717, 1.165) is 33.1 Å². The molecule has 1 fully saturated rings. The van der Waals surface area contributed by atoms with Crippen LogP contribution in [0.2, 0.25) is 0 Å². The second kappa shape index (κ2) is 5.46. The van der Waals surface area contributed by atoms with E-state index in [1.54, 1.807) is 0 Å². The fourth-order valence-corrected chi connectivity index (χ4v) is 2.47. The molecule has 0 aromatic heterocycles. The molecule has 3 nitrogen and oxygen atoms in total. The van der Waals surface area contributed by atoms with Crippen LogP contribution in [-0.2, 0) is 4.79 Å².